The highest BCUT2D eigenvalue weighted by Gasteiger charge is 2.26. The van der Waals surface area contributed by atoms with E-state index < -0.39 is 16.1 Å². The normalized spacial score (nSPS) is 13.3. The highest BCUT2D eigenvalue weighted by atomic mass is 35.5. The van der Waals surface area contributed by atoms with E-state index >= 15 is 0 Å². The third-order valence-electron chi connectivity index (χ3n) is 3.52. The molecule has 0 radical (unpaired) electrons. The van der Waals surface area contributed by atoms with E-state index in [0.717, 1.165) is 4.31 Å². The summed E-state index contributed by atoms with van der Waals surface area (Å²) >= 11 is 12.0. The Morgan fingerprint density at radius 2 is 1.74 bits per heavy atom. The van der Waals surface area contributed by atoms with Crippen molar-refractivity contribution in [3.63, 3.8) is 0 Å². The van der Waals surface area contributed by atoms with Gasteiger partial charge in [0.05, 0.1) is 11.1 Å². The first kappa shape index (κ1) is 18.2. The lowest BCUT2D eigenvalue weighted by molar-refractivity contribution is 0.155. The van der Waals surface area contributed by atoms with Crippen LogP contribution >= 0.6 is 23.2 Å². The van der Waals surface area contributed by atoms with Crippen LogP contribution < -0.4 is 0 Å². The number of nitrogens with zero attached hydrogens (tertiary/aromatic N) is 1. The third kappa shape index (κ3) is 4.05. The topological polar surface area (TPSA) is 57.6 Å². The van der Waals surface area contributed by atoms with Crippen LogP contribution in [0.3, 0.4) is 0 Å². The van der Waals surface area contributed by atoms with Crippen molar-refractivity contribution >= 4 is 33.2 Å². The van der Waals surface area contributed by atoms with Gasteiger partial charge >= 0.3 is 0 Å². The predicted octanol–water partition coefficient (Wildman–Crippen LogP) is 3.66. The Morgan fingerprint density at radius 1 is 1.13 bits per heavy atom. The van der Waals surface area contributed by atoms with Crippen LogP contribution in [0.1, 0.15) is 17.2 Å². The summed E-state index contributed by atoms with van der Waals surface area (Å²) in [7, 11) is -2.42. The molecule has 1 N–H and O–H groups in total. The number of rotatable bonds is 5. The van der Waals surface area contributed by atoms with E-state index in [1.807, 2.05) is 6.07 Å². The molecule has 124 valence electrons. The summed E-state index contributed by atoms with van der Waals surface area (Å²) in [4.78, 5) is -0.0242. The van der Waals surface area contributed by atoms with Crippen molar-refractivity contribution in [3.05, 3.63) is 63.6 Å². The lowest BCUT2D eigenvalue weighted by Gasteiger charge is -2.21. The number of hydrogen-bond acceptors (Lipinski definition) is 3. The standard InChI is InChI=1S/C16H17Cl2NO3S/c1-11-8-16(14(18)9-13(11)17)23(21,22)19(2)10-15(20)12-6-4-3-5-7-12/h3-9,15,20H,10H2,1-2H3. The first-order valence-electron chi connectivity index (χ1n) is 6.88. The van der Waals surface area contributed by atoms with Gasteiger partial charge in [-0.25, -0.2) is 8.42 Å². The Balaban J connectivity index is 2.27. The maximum atomic E-state index is 12.7. The van der Waals surface area contributed by atoms with Crippen LogP contribution in [0.25, 0.3) is 0 Å². The van der Waals surface area contributed by atoms with Crippen LogP contribution in [0.4, 0.5) is 0 Å². The van der Waals surface area contributed by atoms with Gasteiger partial charge in [0.15, 0.2) is 0 Å². The van der Waals surface area contributed by atoms with Crippen LogP contribution in [0, 0.1) is 6.92 Å². The van der Waals surface area contributed by atoms with Gasteiger partial charge in [0, 0.05) is 18.6 Å². The second kappa shape index (κ2) is 7.20. The molecule has 7 heteroatoms. The first-order valence-corrected chi connectivity index (χ1v) is 9.08. The lowest BCUT2D eigenvalue weighted by atomic mass is 10.1. The zero-order valence-electron chi connectivity index (χ0n) is 12.7. The summed E-state index contributed by atoms with van der Waals surface area (Å²) in [5, 5.41) is 10.7. The summed E-state index contributed by atoms with van der Waals surface area (Å²) in [5.41, 5.74) is 1.26. The number of benzene rings is 2. The van der Waals surface area contributed by atoms with Crippen LogP contribution in [-0.4, -0.2) is 31.4 Å². The van der Waals surface area contributed by atoms with Gasteiger partial charge in [0.1, 0.15) is 4.90 Å². The number of aryl methyl sites for hydroxylation is 1. The predicted molar refractivity (Wildman–Crippen MR) is 92.4 cm³/mol. The van der Waals surface area contributed by atoms with Gasteiger partial charge in [-0.2, -0.15) is 4.31 Å². The molecule has 0 saturated carbocycles. The van der Waals surface area contributed by atoms with Crippen molar-refractivity contribution in [1.29, 1.82) is 0 Å². The molecule has 0 saturated heterocycles. The lowest BCUT2D eigenvalue weighted by Crippen LogP contribution is -2.31. The number of aliphatic hydroxyl groups excluding tert-OH is 1. The van der Waals surface area contributed by atoms with Crippen LogP contribution in [0.15, 0.2) is 47.4 Å². The SMILES string of the molecule is Cc1cc(S(=O)(=O)N(C)CC(O)c2ccccc2)c(Cl)cc1Cl. The smallest absolute Gasteiger partial charge is 0.244 e. The van der Waals surface area contributed by atoms with E-state index in [4.69, 9.17) is 23.2 Å². The minimum atomic E-state index is -3.83. The van der Waals surface area contributed by atoms with Crippen LogP contribution in [-0.2, 0) is 10.0 Å². The van der Waals surface area contributed by atoms with E-state index in [-0.39, 0.29) is 16.5 Å². The minimum Gasteiger partial charge on any atom is -0.387 e. The van der Waals surface area contributed by atoms with E-state index in [9.17, 15) is 13.5 Å². The van der Waals surface area contributed by atoms with Gasteiger partial charge < -0.3 is 5.11 Å². The molecule has 0 aliphatic carbocycles. The third-order valence-corrected chi connectivity index (χ3v) is 6.21. The van der Waals surface area contributed by atoms with Gasteiger partial charge in [-0.05, 0) is 30.2 Å². The molecule has 2 aromatic carbocycles. The molecular weight excluding hydrogens is 357 g/mol. The average Bonchev–Trinajstić information content (AvgIpc) is 2.51. The van der Waals surface area contributed by atoms with Crippen LogP contribution in [0.5, 0.6) is 0 Å². The Morgan fingerprint density at radius 3 is 2.35 bits per heavy atom. The summed E-state index contributed by atoms with van der Waals surface area (Å²) in [6, 6.07) is 11.7. The maximum absolute atomic E-state index is 12.7. The monoisotopic (exact) mass is 373 g/mol. The fraction of sp³-hybridized carbons (Fsp3) is 0.250. The van der Waals surface area contributed by atoms with Gasteiger partial charge in [-0.3, -0.25) is 0 Å². The average molecular weight is 374 g/mol. The van der Waals surface area contributed by atoms with Crippen molar-refractivity contribution < 1.29 is 13.5 Å². The number of likely N-dealkylation sites (N-methyl/N-ethyl adjacent to an activating group) is 1. The summed E-state index contributed by atoms with van der Waals surface area (Å²) in [6.45, 7) is 1.63. The Bertz CT molecular complexity index is 794. The maximum Gasteiger partial charge on any atom is 0.244 e. The second-order valence-corrected chi connectivity index (χ2v) is 8.07. The molecule has 0 amide bonds. The molecule has 0 fully saturated rings. The van der Waals surface area contributed by atoms with Crippen molar-refractivity contribution in [2.75, 3.05) is 13.6 Å². The quantitative estimate of drug-likeness (QED) is 0.869. The zero-order valence-corrected chi connectivity index (χ0v) is 15.0. The highest BCUT2D eigenvalue weighted by Crippen LogP contribution is 2.30. The van der Waals surface area contributed by atoms with Gasteiger partial charge in [0.25, 0.3) is 0 Å². The summed E-state index contributed by atoms with van der Waals surface area (Å²) in [5.74, 6) is 0. The fourth-order valence-corrected chi connectivity index (χ4v) is 4.10. The molecule has 1 atom stereocenters. The van der Waals surface area contributed by atoms with E-state index in [2.05, 4.69) is 0 Å². The molecule has 0 heterocycles. The highest BCUT2D eigenvalue weighted by molar-refractivity contribution is 7.89. The van der Waals surface area contributed by atoms with E-state index in [1.54, 1.807) is 31.2 Å². The van der Waals surface area contributed by atoms with Gasteiger partial charge in [-0.1, -0.05) is 53.5 Å². The van der Waals surface area contributed by atoms with Gasteiger partial charge in [0.2, 0.25) is 10.0 Å². The Labute approximate surface area is 146 Å². The fourth-order valence-electron chi connectivity index (χ4n) is 2.12. The van der Waals surface area contributed by atoms with Crippen molar-refractivity contribution in [2.24, 2.45) is 0 Å². The molecule has 0 bridgehead atoms. The van der Waals surface area contributed by atoms with Crippen molar-refractivity contribution in [2.45, 2.75) is 17.9 Å². The largest absolute Gasteiger partial charge is 0.387 e. The number of hydrogen-bond donors (Lipinski definition) is 1. The summed E-state index contributed by atoms with van der Waals surface area (Å²) < 4.78 is 26.4. The number of aliphatic hydroxyl groups is 1. The molecule has 1 unspecified atom stereocenters. The molecular formula is C16H17Cl2NO3S. The number of sulfonamides is 1. The second-order valence-electron chi connectivity index (χ2n) is 5.24. The molecule has 0 aromatic heterocycles. The van der Waals surface area contributed by atoms with E-state index in [1.165, 1.54) is 19.2 Å². The molecule has 2 aromatic rings. The first-order chi connectivity index (χ1) is 10.7. The molecule has 0 spiro atoms. The van der Waals surface area contributed by atoms with Crippen molar-refractivity contribution in [3.8, 4) is 0 Å². The Kier molecular flexibility index (Phi) is 5.70. The molecule has 0 aliphatic rings. The number of halogens is 2. The van der Waals surface area contributed by atoms with Gasteiger partial charge in [-0.15, -0.1) is 0 Å². The Hall–Kier alpha value is -1.11. The molecule has 4 nitrogen and oxygen atoms in total. The summed E-state index contributed by atoms with van der Waals surface area (Å²) in [6.07, 6.45) is -0.928. The molecule has 2 rings (SSSR count). The molecule has 0 aliphatic heterocycles. The zero-order chi connectivity index (χ0) is 17.2. The van der Waals surface area contributed by atoms with Crippen LogP contribution in [0.2, 0.25) is 10.0 Å². The van der Waals surface area contributed by atoms with E-state index in [0.29, 0.717) is 16.1 Å². The minimum absolute atomic E-state index is 0.0242. The van der Waals surface area contributed by atoms with Crippen molar-refractivity contribution in [1.82, 2.24) is 4.31 Å². The molecule has 23 heavy (non-hydrogen) atoms.